The number of methoxy groups -OCH3 is 1. The number of hydrogen-bond acceptors (Lipinski definition) is 5. The number of aryl methyl sites for hydroxylation is 1. The van der Waals surface area contributed by atoms with Crippen molar-refractivity contribution in [2.75, 3.05) is 7.11 Å². The topological polar surface area (TPSA) is 79.4 Å². The predicted molar refractivity (Wildman–Crippen MR) is 105 cm³/mol. The van der Waals surface area contributed by atoms with Crippen molar-refractivity contribution in [2.24, 2.45) is 5.10 Å². The number of carbonyl (C=O) groups excluding carboxylic acids is 1. The SMILES string of the molecule is COc1ccccc1/C=C/C=N/NC(=O)c1cc(-c2ccc(C)s2)[nH]n1. The van der Waals surface area contributed by atoms with Crippen LogP contribution in [0.2, 0.25) is 0 Å². The fourth-order valence-electron chi connectivity index (χ4n) is 2.29. The molecule has 0 aliphatic heterocycles. The number of hydrogen-bond donors (Lipinski definition) is 2. The van der Waals surface area contributed by atoms with Gasteiger partial charge in [-0.2, -0.15) is 10.2 Å². The van der Waals surface area contributed by atoms with Gasteiger partial charge >= 0.3 is 0 Å². The van der Waals surface area contributed by atoms with Crippen LogP contribution in [0.4, 0.5) is 0 Å². The van der Waals surface area contributed by atoms with Crippen molar-refractivity contribution in [1.82, 2.24) is 15.6 Å². The predicted octanol–water partition coefficient (Wildman–Crippen LogP) is 3.88. The maximum Gasteiger partial charge on any atom is 0.291 e. The van der Waals surface area contributed by atoms with Crippen LogP contribution in [0.15, 0.2) is 53.6 Å². The van der Waals surface area contributed by atoms with Crippen LogP contribution in [0.1, 0.15) is 20.9 Å². The van der Waals surface area contributed by atoms with Crippen molar-refractivity contribution in [2.45, 2.75) is 6.92 Å². The van der Waals surface area contributed by atoms with E-state index in [1.54, 1.807) is 30.6 Å². The maximum atomic E-state index is 12.1. The molecule has 0 radical (unpaired) electrons. The molecule has 0 unspecified atom stereocenters. The van der Waals surface area contributed by atoms with Gasteiger partial charge in [-0.15, -0.1) is 11.3 Å². The highest BCUT2D eigenvalue weighted by Gasteiger charge is 2.11. The number of H-pyrrole nitrogens is 1. The number of amides is 1. The third kappa shape index (κ3) is 4.25. The first-order chi connectivity index (χ1) is 12.7. The van der Waals surface area contributed by atoms with Gasteiger partial charge in [0, 0.05) is 16.7 Å². The quantitative estimate of drug-likeness (QED) is 0.513. The van der Waals surface area contributed by atoms with Gasteiger partial charge in [-0.1, -0.05) is 18.2 Å². The number of nitrogens with one attached hydrogen (secondary N) is 2. The first-order valence-corrected chi connectivity index (χ1v) is 8.74. The highest BCUT2D eigenvalue weighted by molar-refractivity contribution is 7.15. The van der Waals surface area contributed by atoms with E-state index in [9.17, 15) is 4.79 Å². The molecule has 2 N–H and O–H groups in total. The van der Waals surface area contributed by atoms with Crippen molar-refractivity contribution in [3.05, 3.63) is 64.7 Å². The van der Waals surface area contributed by atoms with E-state index in [4.69, 9.17) is 4.74 Å². The average molecular weight is 366 g/mol. The van der Waals surface area contributed by atoms with E-state index in [2.05, 4.69) is 20.7 Å². The second-order valence-corrected chi connectivity index (χ2v) is 6.69. The minimum Gasteiger partial charge on any atom is -0.496 e. The number of benzene rings is 1. The molecule has 0 fully saturated rings. The second-order valence-electron chi connectivity index (χ2n) is 5.40. The lowest BCUT2D eigenvalue weighted by atomic mass is 10.2. The molecule has 7 heteroatoms. The number of para-hydroxylation sites is 1. The summed E-state index contributed by atoms with van der Waals surface area (Å²) in [7, 11) is 1.62. The van der Waals surface area contributed by atoms with Gasteiger partial charge in [-0.25, -0.2) is 5.43 Å². The summed E-state index contributed by atoms with van der Waals surface area (Å²) in [6, 6.07) is 13.4. The smallest absolute Gasteiger partial charge is 0.291 e. The second kappa shape index (κ2) is 8.26. The molecule has 26 heavy (non-hydrogen) atoms. The Balaban J connectivity index is 1.58. The number of ether oxygens (including phenoxy) is 1. The fraction of sp³-hybridized carbons (Fsp3) is 0.105. The molecule has 0 aliphatic rings. The van der Waals surface area contributed by atoms with Crippen molar-refractivity contribution >= 4 is 29.5 Å². The lowest BCUT2D eigenvalue weighted by molar-refractivity contribution is 0.0950. The highest BCUT2D eigenvalue weighted by Crippen LogP contribution is 2.26. The first kappa shape index (κ1) is 17.6. The zero-order chi connectivity index (χ0) is 18.4. The van der Waals surface area contributed by atoms with Crippen LogP contribution >= 0.6 is 11.3 Å². The number of rotatable bonds is 6. The molecule has 3 rings (SSSR count). The summed E-state index contributed by atoms with van der Waals surface area (Å²) in [5.74, 6) is 0.400. The summed E-state index contributed by atoms with van der Waals surface area (Å²) in [6.07, 6.45) is 5.07. The lowest BCUT2D eigenvalue weighted by Crippen LogP contribution is -2.17. The first-order valence-electron chi connectivity index (χ1n) is 7.92. The van der Waals surface area contributed by atoms with Gasteiger partial charge < -0.3 is 4.74 Å². The Morgan fingerprint density at radius 3 is 2.92 bits per heavy atom. The van der Waals surface area contributed by atoms with E-state index in [1.807, 2.05) is 49.4 Å². The molecule has 0 atom stereocenters. The minimum absolute atomic E-state index is 0.289. The van der Waals surface area contributed by atoms with Crippen molar-refractivity contribution in [3.8, 4) is 16.3 Å². The van der Waals surface area contributed by atoms with Crippen LogP contribution in [-0.4, -0.2) is 29.4 Å². The number of thiophene rings is 1. The fourth-order valence-corrected chi connectivity index (χ4v) is 3.12. The molecule has 132 valence electrons. The largest absolute Gasteiger partial charge is 0.496 e. The number of aromatic amines is 1. The molecule has 1 aromatic carbocycles. The zero-order valence-electron chi connectivity index (χ0n) is 14.4. The molecule has 6 nitrogen and oxygen atoms in total. The molecule has 1 amide bonds. The van der Waals surface area contributed by atoms with Crippen LogP contribution in [0.3, 0.4) is 0 Å². The Hall–Kier alpha value is -3.19. The Labute approximate surface area is 155 Å². The molecule has 0 bridgehead atoms. The number of hydrazone groups is 1. The maximum absolute atomic E-state index is 12.1. The summed E-state index contributed by atoms with van der Waals surface area (Å²) in [5, 5.41) is 10.8. The Morgan fingerprint density at radius 2 is 2.15 bits per heavy atom. The van der Waals surface area contributed by atoms with Crippen LogP contribution in [0.5, 0.6) is 5.75 Å². The number of nitrogens with zero attached hydrogens (tertiary/aromatic N) is 2. The van der Waals surface area contributed by atoms with Gasteiger partial charge in [0.15, 0.2) is 5.69 Å². The van der Waals surface area contributed by atoms with Crippen LogP contribution < -0.4 is 10.2 Å². The van der Waals surface area contributed by atoms with Crippen LogP contribution in [0.25, 0.3) is 16.6 Å². The zero-order valence-corrected chi connectivity index (χ0v) is 15.2. The van der Waals surface area contributed by atoms with Gasteiger partial charge in [0.2, 0.25) is 0 Å². The van der Waals surface area contributed by atoms with Gasteiger partial charge in [-0.3, -0.25) is 9.89 Å². The highest BCUT2D eigenvalue weighted by atomic mass is 32.1. The van der Waals surface area contributed by atoms with Crippen molar-refractivity contribution in [1.29, 1.82) is 0 Å². The van der Waals surface area contributed by atoms with E-state index in [0.29, 0.717) is 0 Å². The number of allylic oxidation sites excluding steroid dienone is 1. The van der Waals surface area contributed by atoms with Gasteiger partial charge in [0.05, 0.1) is 17.7 Å². The van der Waals surface area contributed by atoms with Crippen LogP contribution in [0, 0.1) is 6.92 Å². The molecule has 0 aliphatic carbocycles. The van der Waals surface area contributed by atoms with Gasteiger partial charge in [0.25, 0.3) is 5.91 Å². The summed E-state index contributed by atoms with van der Waals surface area (Å²) in [5.41, 5.74) is 4.48. The number of carbonyl (C=O) groups is 1. The summed E-state index contributed by atoms with van der Waals surface area (Å²) in [6.45, 7) is 2.03. The third-order valence-corrected chi connectivity index (χ3v) is 4.59. The molecule has 3 aromatic rings. The molecular weight excluding hydrogens is 348 g/mol. The summed E-state index contributed by atoms with van der Waals surface area (Å²) >= 11 is 1.64. The minimum atomic E-state index is -0.372. The average Bonchev–Trinajstić information content (AvgIpc) is 3.30. The summed E-state index contributed by atoms with van der Waals surface area (Å²) in [4.78, 5) is 14.3. The molecule has 2 heterocycles. The van der Waals surface area contributed by atoms with E-state index in [1.165, 1.54) is 11.1 Å². The molecule has 0 spiro atoms. The van der Waals surface area contributed by atoms with E-state index in [-0.39, 0.29) is 11.6 Å². The molecular formula is C19H18N4O2S. The van der Waals surface area contributed by atoms with Gasteiger partial charge in [0.1, 0.15) is 5.75 Å². The van der Waals surface area contributed by atoms with E-state index >= 15 is 0 Å². The molecule has 2 aromatic heterocycles. The van der Waals surface area contributed by atoms with E-state index in [0.717, 1.165) is 21.9 Å². The molecule has 0 saturated heterocycles. The Morgan fingerprint density at radius 1 is 1.31 bits per heavy atom. The summed E-state index contributed by atoms with van der Waals surface area (Å²) < 4.78 is 5.26. The lowest BCUT2D eigenvalue weighted by Gasteiger charge is -2.02. The monoisotopic (exact) mass is 366 g/mol. The molecule has 0 saturated carbocycles. The van der Waals surface area contributed by atoms with Crippen LogP contribution in [-0.2, 0) is 0 Å². The standard InChI is InChI=1S/C19H18N4O2S/c1-13-9-10-18(26-13)15-12-16(22-21-15)19(24)23-20-11-5-7-14-6-3-4-8-17(14)25-2/h3-12H,1-2H3,(H,21,22)(H,23,24)/b7-5+,20-11+. The third-order valence-electron chi connectivity index (χ3n) is 3.56. The van der Waals surface area contributed by atoms with Crippen molar-refractivity contribution in [3.63, 3.8) is 0 Å². The van der Waals surface area contributed by atoms with E-state index < -0.39 is 0 Å². The Kier molecular flexibility index (Phi) is 5.60. The Bertz CT molecular complexity index is 956. The number of aromatic nitrogens is 2. The van der Waals surface area contributed by atoms with Crippen molar-refractivity contribution < 1.29 is 9.53 Å². The normalized spacial score (nSPS) is 11.3. The van der Waals surface area contributed by atoms with Gasteiger partial charge in [-0.05, 0) is 43.3 Å².